The number of nitrogens with one attached hydrogen (secondary N) is 1. The summed E-state index contributed by atoms with van der Waals surface area (Å²) in [7, 11) is 0. The maximum absolute atomic E-state index is 5.71. The van der Waals surface area contributed by atoms with E-state index in [4.69, 9.17) is 4.74 Å². The predicted molar refractivity (Wildman–Crippen MR) is 98.3 cm³/mol. The van der Waals surface area contributed by atoms with Crippen molar-refractivity contribution in [3.63, 3.8) is 0 Å². The Hall–Kier alpha value is -3.21. The molecular weight excluding hydrogens is 312 g/mol. The maximum atomic E-state index is 5.71. The van der Waals surface area contributed by atoms with E-state index in [-0.39, 0.29) is 6.10 Å². The number of benzene rings is 2. The van der Waals surface area contributed by atoms with Crippen LogP contribution in [0, 0.1) is 0 Å². The van der Waals surface area contributed by atoms with Crippen LogP contribution >= 0.6 is 0 Å². The van der Waals surface area contributed by atoms with Crippen LogP contribution in [0.3, 0.4) is 0 Å². The third-order valence-electron chi connectivity index (χ3n) is 3.95. The monoisotopic (exact) mass is 330 g/mol. The summed E-state index contributed by atoms with van der Waals surface area (Å²) in [6.45, 7) is 4.02. The molecule has 5 nitrogen and oxygen atoms in total. The number of aromatic amines is 1. The second-order valence-corrected chi connectivity index (χ2v) is 6.09. The third kappa shape index (κ3) is 2.96. The zero-order chi connectivity index (χ0) is 17.2. The summed E-state index contributed by atoms with van der Waals surface area (Å²) in [6, 6.07) is 17.9. The third-order valence-corrected chi connectivity index (χ3v) is 3.95. The van der Waals surface area contributed by atoms with E-state index in [2.05, 4.69) is 26.5 Å². The number of aromatic nitrogens is 4. The topological polar surface area (TPSA) is 63.7 Å². The molecule has 2 aromatic carbocycles. The van der Waals surface area contributed by atoms with Crippen molar-refractivity contribution in [3.05, 3.63) is 60.8 Å². The van der Waals surface area contributed by atoms with Gasteiger partial charge < -0.3 is 4.74 Å². The number of ether oxygens (including phenoxy) is 1. The molecule has 4 rings (SSSR count). The van der Waals surface area contributed by atoms with Gasteiger partial charge in [0.15, 0.2) is 0 Å². The molecule has 0 saturated carbocycles. The van der Waals surface area contributed by atoms with Crippen molar-refractivity contribution >= 4 is 10.9 Å². The molecule has 124 valence electrons. The van der Waals surface area contributed by atoms with E-state index in [1.165, 1.54) is 0 Å². The quantitative estimate of drug-likeness (QED) is 0.599. The van der Waals surface area contributed by atoms with Crippen LogP contribution in [0.4, 0.5) is 0 Å². The van der Waals surface area contributed by atoms with Gasteiger partial charge in [-0.05, 0) is 50.2 Å². The molecule has 25 heavy (non-hydrogen) atoms. The lowest BCUT2D eigenvalue weighted by Gasteiger charge is -2.10. The van der Waals surface area contributed by atoms with Crippen LogP contribution in [0.1, 0.15) is 13.8 Å². The van der Waals surface area contributed by atoms with Crippen molar-refractivity contribution in [1.82, 2.24) is 20.4 Å². The molecule has 0 amide bonds. The summed E-state index contributed by atoms with van der Waals surface area (Å²) in [5.41, 5.74) is 4.57. The molecular formula is C20H18N4O. The number of fused-ring (bicyclic) bond motifs is 1. The van der Waals surface area contributed by atoms with Gasteiger partial charge >= 0.3 is 0 Å². The number of pyridine rings is 1. The van der Waals surface area contributed by atoms with Gasteiger partial charge in [-0.15, -0.1) is 0 Å². The Morgan fingerprint density at radius 1 is 0.880 bits per heavy atom. The largest absolute Gasteiger partial charge is 0.491 e. The molecule has 0 spiro atoms. The van der Waals surface area contributed by atoms with Gasteiger partial charge in [-0.1, -0.05) is 18.2 Å². The average molecular weight is 330 g/mol. The van der Waals surface area contributed by atoms with E-state index in [0.29, 0.717) is 0 Å². The molecule has 0 aliphatic rings. The summed E-state index contributed by atoms with van der Waals surface area (Å²) in [5.74, 6) is 0.846. The van der Waals surface area contributed by atoms with Crippen LogP contribution in [0.5, 0.6) is 5.75 Å². The Morgan fingerprint density at radius 3 is 2.44 bits per heavy atom. The number of H-pyrrole nitrogens is 1. The van der Waals surface area contributed by atoms with E-state index in [9.17, 15) is 0 Å². The predicted octanol–water partition coefficient (Wildman–Crippen LogP) is 4.47. The molecule has 0 atom stereocenters. The molecule has 0 fully saturated rings. The fraction of sp³-hybridized carbons (Fsp3) is 0.150. The maximum Gasteiger partial charge on any atom is 0.121 e. The number of rotatable bonds is 4. The molecule has 4 aromatic rings. The Bertz CT molecular complexity index is 1000. The molecule has 0 aliphatic heterocycles. The van der Waals surface area contributed by atoms with Crippen molar-refractivity contribution in [3.8, 4) is 28.3 Å². The van der Waals surface area contributed by atoms with E-state index in [1.807, 2.05) is 62.4 Å². The first-order valence-electron chi connectivity index (χ1n) is 8.24. The van der Waals surface area contributed by atoms with Crippen molar-refractivity contribution in [2.24, 2.45) is 0 Å². The molecule has 2 heterocycles. The van der Waals surface area contributed by atoms with Gasteiger partial charge in [-0.3, -0.25) is 4.98 Å². The van der Waals surface area contributed by atoms with Gasteiger partial charge in [0, 0.05) is 22.7 Å². The van der Waals surface area contributed by atoms with E-state index >= 15 is 0 Å². The Balaban J connectivity index is 1.78. The van der Waals surface area contributed by atoms with Gasteiger partial charge in [-0.25, -0.2) is 0 Å². The zero-order valence-electron chi connectivity index (χ0n) is 14.1. The van der Waals surface area contributed by atoms with Crippen LogP contribution in [0.25, 0.3) is 33.4 Å². The van der Waals surface area contributed by atoms with Crippen molar-refractivity contribution in [2.45, 2.75) is 20.0 Å². The normalized spacial score (nSPS) is 11.2. The standard InChI is InChI=1S/C20H18N4O/c1-13(2)25-15-9-7-14(8-10-15)19-20(23-24-22-19)17-11-12-21-18-6-4-3-5-16(17)18/h3-13H,1-2H3,(H,22,23,24). The summed E-state index contributed by atoms with van der Waals surface area (Å²) in [6.07, 6.45) is 1.95. The highest BCUT2D eigenvalue weighted by molar-refractivity contribution is 5.96. The minimum Gasteiger partial charge on any atom is -0.491 e. The number of hydrogen-bond acceptors (Lipinski definition) is 4. The lowest BCUT2D eigenvalue weighted by atomic mass is 10.0. The molecule has 2 aromatic heterocycles. The van der Waals surface area contributed by atoms with Crippen molar-refractivity contribution in [1.29, 1.82) is 0 Å². The summed E-state index contributed by atoms with van der Waals surface area (Å²) >= 11 is 0. The van der Waals surface area contributed by atoms with Gasteiger partial charge in [-0.2, -0.15) is 15.4 Å². The van der Waals surface area contributed by atoms with Crippen molar-refractivity contribution < 1.29 is 4.74 Å². The minimum absolute atomic E-state index is 0.150. The van der Waals surface area contributed by atoms with Gasteiger partial charge in [0.25, 0.3) is 0 Å². The van der Waals surface area contributed by atoms with Crippen LogP contribution in [0.2, 0.25) is 0 Å². The lowest BCUT2D eigenvalue weighted by molar-refractivity contribution is 0.242. The second-order valence-electron chi connectivity index (χ2n) is 6.09. The van der Waals surface area contributed by atoms with Gasteiger partial charge in [0.1, 0.15) is 17.1 Å². The Labute approximate surface area is 145 Å². The summed E-state index contributed by atoms with van der Waals surface area (Å²) in [5, 5.41) is 12.6. The number of nitrogens with zero attached hydrogens (tertiary/aromatic N) is 3. The molecule has 1 N–H and O–H groups in total. The fourth-order valence-corrected chi connectivity index (χ4v) is 2.89. The van der Waals surface area contributed by atoms with Crippen molar-refractivity contribution in [2.75, 3.05) is 0 Å². The van der Waals surface area contributed by atoms with Crippen LogP contribution in [0.15, 0.2) is 60.8 Å². The molecule has 0 radical (unpaired) electrons. The molecule has 0 bridgehead atoms. The van der Waals surface area contributed by atoms with Gasteiger partial charge in [0.05, 0.1) is 11.6 Å². The first-order chi connectivity index (χ1) is 12.2. The summed E-state index contributed by atoms with van der Waals surface area (Å²) < 4.78 is 5.71. The summed E-state index contributed by atoms with van der Waals surface area (Å²) in [4.78, 5) is 4.42. The second kappa shape index (κ2) is 6.36. The smallest absolute Gasteiger partial charge is 0.121 e. The number of hydrogen-bond donors (Lipinski definition) is 1. The minimum atomic E-state index is 0.150. The lowest BCUT2D eigenvalue weighted by Crippen LogP contribution is -2.05. The first kappa shape index (κ1) is 15.3. The molecule has 0 saturated heterocycles. The highest BCUT2D eigenvalue weighted by Crippen LogP contribution is 2.33. The van der Waals surface area contributed by atoms with E-state index in [0.717, 1.165) is 39.2 Å². The van der Waals surface area contributed by atoms with Crippen LogP contribution < -0.4 is 4.74 Å². The highest BCUT2D eigenvalue weighted by atomic mass is 16.5. The van der Waals surface area contributed by atoms with Crippen LogP contribution in [-0.4, -0.2) is 26.5 Å². The highest BCUT2D eigenvalue weighted by Gasteiger charge is 2.15. The Kier molecular flexibility index (Phi) is 3.90. The zero-order valence-corrected chi connectivity index (χ0v) is 14.1. The first-order valence-corrected chi connectivity index (χ1v) is 8.24. The molecule has 5 heteroatoms. The van der Waals surface area contributed by atoms with E-state index < -0.39 is 0 Å². The fourth-order valence-electron chi connectivity index (χ4n) is 2.89. The van der Waals surface area contributed by atoms with E-state index in [1.54, 1.807) is 6.20 Å². The van der Waals surface area contributed by atoms with Gasteiger partial charge in [0.2, 0.25) is 0 Å². The SMILES string of the molecule is CC(C)Oc1ccc(-c2n[nH]nc2-c2ccnc3ccccc23)cc1. The average Bonchev–Trinajstić information content (AvgIpc) is 3.11. The molecule has 0 aliphatic carbocycles. The molecule has 0 unspecified atom stereocenters. The number of para-hydroxylation sites is 1. The van der Waals surface area contributed by atoms with Crippen LogP contribution in [-0.2, 0) is 0 Å². The Morgan fingerprint density at radius 2 is 1.64 bits per heavy atom.